The number of rotatable bonds is 5. The molecule has 0 saturated carbocycles. The average molecular weight is 199 g/mol. The van der Waals surface area contributed by atoms with Crippen LogP contribution < -0.4 is 0 Å². The van der Waals surface area contributed by atoms with Gasteiger partial charge in [0.15, 0.2) is 0 Å². The molecule has 80 valence electrons. The molecule has 1 saturated heterocycles. The van der Waals surface area contributed by atoms with Crippen LogP contribution in [-0.4, -0.2) is 23.0 Å². The van der Waals surface area contributed by atoms with E-state index in [0.29, 0.717) is 12.8 Å². The average Bonchev–Trinajstić information content (AvgIpc) is 2.46. The van der Waals surface area contributed by atoms with Crippen LogP contribution in [0.3, 0.4) is 0 Å². The van der Waals surface area contributed by atoms with E-state index in [-0.39, 0.29) is 17.9 Å². The van der Waals surface area contributed by atoms with Crippen LogP contribution in [0, 0.1) is 0 Å². The Balaban J connectivity index is 2.35. The lowest BCUT2D eigenvalue weighted by Gasteiger charge is -2.18. The van der Waals surface area contributed by atoms with Gasteiger partial charge in [0.25, 0.3) is 11.8 Å². The highest BCUT2D eigenvalue weighted by Gasteiger charge is 2.31. The Morgan fingerprint density at radius 1 is 1.36 bits per heavy atom. The third kappa shape index (κ3) is 2.80. The minimum atomic E-state index is -0.210. The Morgan fingerprint density at radius 3 is 2.43 bits per heavy atom. The standard InChI is InChI=1S/C10H17NO3/c1-3-4-5-8(2)14-11-9(12)6-7-10(11)13/h8H,3-7H2,1-2H3. The summed E-state index contributed by atoms with van der Waals surface area (Å²) in [7, 11) is 0. The SMILES string of the molecule is CCCCC(C)ON1C(=O)CCC1=O. The maximum Gasteiger partial charge on any atom is 0.254 e. The number of carbonyl (C=O) groups excluding carboxylic acids is 2. The lowest BCUT2D eigenvalue weighted by Crippen LogP contribution is -2.32. The zero-order valence-electron chi connectivity index (χ0n) is 8.78. The molecule has 4 nitrogen and oxygen atoms in total. The van der Waals surface area contributed by atoms with Crippen molar-refractivity contribution in [2.45, 2.75) is 52.1 Å². The van der Waals surface area contributed by atoms with Gasteiger partial charge in [-0.15, -0.1) is 0 Å². The molecule has 1 heterocycles. The summed E-state index contributed by atoms with van der Waals surface area (Å²) < 4.78 is 0. The maximum absolute atomic E-state index is 11.2. The van der Waals surface area contributed by atoms with Crippen LogP contribution in [0.1, 0.15) is 46.0 Å². The second kappa shape index (κ2) is 5.10. The molecule has 0 bridgehead atoms. The van der Waals surface area contributed by atoms with Gasteiger partial charge in [-0.2, -0.15) is 5.06 Å². The van der Waals surface area contributed by atoms with Gasteiger partial charge in [-0.05, 0) is 13.3 Å². The first-order valence-electron chi connectivity index (χ1n) is 5.17. The topological polar surface area (TPSA) is 46.6 Å². The van der Waals surface area contributed by atoms with Crippen LogP contribution in [0.2, 0.25) is 0 Å². The highest BCUT2D eigenvalue weighted by molar-refractivity contribution is 6.00. The third-order valence-corrected chi connectivity index (χ3v) is 2.26. The molecule has 14 heavy (non-hydrogen) atoms. The van der Waals surface area contributed by atoms with Crippen LogP contribution in [0.15, 0.2) is 0 Å². The number of unbranched alkanes of at least 4 members (excludes halogenated alkanes) is 1. The molecule has 0 aromatic heterocycles. The van der Waals surface area contributed by atoms with Gasteiger partial charge >= 0.3 is 0 Å². The maximum atomic E-state index is 11.2. The largest absolute Gasteiger partial charge is 0.272 e. The Morgan fingerprint density at radius 2 is 1.93 bits per heavy atom. The Labute approximate surface area is 84.2 Å². The van der Waals surface area contributed by atoms with Crippen LogP contribution in [-0.2, 0) is 14.4 Å². The van der Waals surface area contributed by atoms with Gasteiger partial charge in [-0.3, -0.25) is 14.4 Å². The van der Waals surface area contributed by atoms with Gasteiger partial charge in [-0.1, -0.05) is 19.8 Å². The molecule has 0 radical (unpaired) electrons. The van der Waals surface area contributed by atoms with Crippen LogP contribution in [0.25, 0.3) is 0 Å². The molecular formula is C10H17NO3. The first-order chi connectivity index (χ1) is 6.65. The first-order valence-corrected chi connectivity index (χ1v) is 5.17. The fraction of sp³-hybridized carbons (Fsp3) is 0.800. The van der Waals surface area contributed by atoms with Crippen molar-refractivity contribution in [3.8, 4) is 0 Å². The Kier molecular flexibility index (Phi) is 4.07. The molecule has 1 aliphatic rings. The zero-order chi connectivity index (χ0) is 10.6. The summed E-state index contributed by atoms with van der Waals surface area (Å²) in [5, 5.41) is 0.931. The summed E-state index contributed by atoms with van der Waals surface area (Å²) >= 11 is 0. The lowest BCUT2D eigenvalue weighted by atomic mass is 10.2. The van der Waals surface area contributed by atoms with Crippen LogP contribution in [0.4, 0.5) is 0 Å². The predicted octanol–water partition coefficient (Wildman–Crippen LogP) is 1.65. The number of nitrogens with zero attached hydrogens (tertiary/aromatic N) is 1. The van der Waals surface area contributed by atoms with Gasteiger partial charge in [0, 0.05) is 12.8 Å². The highest BCUT2D eigenvalue weighted by atomic mass is 16.7. The monoisotopic (exact) mass is 199 g/mol. The number of hydrogen-bond acceptors (Lipinski definition) is 3. The number of hydrogen-bond donors (Lipinski definition) is 0. The van der Waals surface area contributed by atoms with Crippen LogP contribution >= 0.6 is 0 Å². The quantitative estimate of drug-likeness (QED) is 0.632. The summed E-state index contributed by atoms with van der Waals surface area (Å²) in [6, 6.07) is 0. The van der Waals surface area contributed by atoms with Gasteiger partial charge in [-0.25, -0.2) is 0 Å². The summed E-state index contributed by atoms with van der Waals surface area (Å²) in [5.41, 5.74) is 0. The molecule has 1 unspecified atom stereocenters. The normalized spacial score (nSPS) is 19.1. The van der Waals surface area contributed by atoms with E-state index >= 15 is 0 Å². The minimum absolute atomic E-state index is 0.0547. The van der Waals surface area contributed by atoms with Crippen LogP contribution in [0.5, 0.6) is 0 Å². The van der Waals surface area contributed by atoms with Gasteiger partial charge < -0.3 is 0 Å². The summed E-state index contributed by atoms with van der Waals surface area (Å²) in [5.74, 6) is -0.420. The molecule has 1 aliphatic heterocycles. The molecule has 4 heteroatoms. The predicted molar refractivity (Wildman–Crippen MR) is 51.2 cm³/mol. The number of imide groups is 1. The smallest absolute Gasteiger partial charge is 0.254 e. The second-order valence-electron chi connectivity index (χ2n) is 3.64. The van der Waals surface area contributed by atoms with Crippen molar-refractivity contribution in [3.05, 3.63) is 0 Å². The summed E-state index contributed by atoms with van der Waals surface area (Å²) in [4.78, 5) is 27.6. The molecule has 0 N–H and O–H groups in total. The molecule has 1 fully saturated rings. The second-order valence-corrected chi connectivity index (χ2v) is 3.64. The lowest BCUT2D eigenvalue weighted by molar-refractivity contribution is -0.201. The van der Waals surface area contributed by atoms with Crippen molar-refractivity contribution in [2.24, 2.45) is 0 Å². The van der Waals surface area contributed by atoms with Crippen molar-refractivity contribution >= 4 is 11.8 Å². The molecule has 1 atom stereocenters. The number of hydroxylamine groups is 2. The Hall–Kier alpha value is -0.900. The highest BCUT2D eigenvalue weighted by Crippen LogP contribution is 2.15. The van der Waals surface area contributed by atoms with Crippen molar-refractivity contribution < 1.29 is 14.4 Å². The molecular weight excluding hydrogens is 182 g/mol. The fourth-order valence-corrected chi connectivity index (χ4v) is 1.40. The Bertz CT molecular complexity index is 211. The number of amides is 2. The van der Waals surface area contributed by atoms with E-state index in [0.717, 1.165) is 24.3 Å². The first kappa shape index (κ1) is 11.2. The molecule has 2 amide bonds. The molecule has 1 rings (SSSR count). The van der Waals surface area contributed by atoms with Crippen molar-refractivity contribution in [1.82, 2.24) is 5.06 Å². The van der Waals surface area contributed by atoms with Gasteiger partial charge in [0.05, 0.1) is 6.10 Å². The van der Waals surface area contributed by atoms with E-state index in [1.54, 1.807) is 0 Å². The van der Waals surface area contributed by atoms with Gasteiger partial charge in [0.2, 0.25) is 0 Å². The van der Waals surface area contributed by atoms with E-state index in [4.69, 9.17) is 4.84 Å². The fourth-order valence-electron chi connectivity index (χ4n) is 1.40. The summed E-state index contributed by atoms with van der Waals surface area (Å²) in [6.07, 6.45) is 3.56. The van der Waals surface area contributed by atoms with Crippen molar-refractivity contribution in [1.29, 1.82) is 0 Å². The summed E-state index contributed by atoms with van der Waals surface area (Å²) in [6.45, 7) is 3.98. The molecule has 0 aliphatic carbocycles. The van der Waals surface area contributed by atoms with E-state index in [2.05, 4.69) is 6.92 Å². The zero-order valence-corrected chi connectivity index (χ0v) is 8.78. The third-order valence-electron chi connectivity index (χ3n) is 2.26. The number of carbonyl (C=O) groups is 2. The van der Waals surface area contributed by atoms with E-state index in [9.17, 15) is 9.59 Å². The minimum Gasteiger partial charge on any atom is -0.272 e. The van der Waals surface area contributed by atoms with E-state index < -0.39 is 0 Å². The van der Waals surface area contributed by atoms with E-state index in [1.165, 1.54) is 0 Å². The van der Waals surface area contributed by atoms with Crippen molar-refractivity contribution in [2.75, 3.05) is 0 Å². The molecule has 0 aromatic carbocycles. The molecule has 0 spiro atoms. The molecule has 0 aromatic rings. The van der Waals surface area contributed by atoms with Crippen molar-refractivity contribution in [3.63, 3.8) is 0 Å². The van der Waals surface area contributed by atoms with E-state index in [1.807, 2.05) is 6.92 Å². The van der Waals surface area contributed by atoms with Gasteiger partial charge in [0.1, 0.15) is 0 Å².